The van der Waals surface area contributed by atoms with Crippen LogP contribution in [0.25, 0.3) is 11.1 Å². The van der Waals surface area contributed by atoms with E-state index < -0.39 is 5.41 Å². The summed E-state index contributed by atoms with van der Waals surface area (Å²) in [4.78, 5) is 17.4. The number of amides is 1. The number of nitrogens with one attached hydrogen (secondary N) is 1. The van der Waals surface area contributed by atoms with E-state index in [1.54, 1.807) is 24.1 Å². The molecule has 1 aliphatic heterocycles. The van der Waals surface area contributed by atoms with Crippen molar-refractivity contribution in [1.82, 2.24) is 15.4 Å². The zero-order chi connectivity index (χ0) is 20.6. The number of nitrogens with zero attached hydrogens (tertiary/aromatic N) is 3. The van der Waals surface area contributed by atoms with Crippen LogP contribution in [-0.2, 0) is 10.2 Å². The molecule has 0 spiro atoms. The second-order valence-corrected chi connectivity index (χ2v) is 7.58. The van der Waals surface area contributed by atoms with Gasteiger partial charge in [0.05, 0.1) is 12.2 Å². The maximum absolute atomic E-state index is 14.8. The molecule has 0 bridgehead atoms. The lowest BCUT2D eigenvalue weighted by atomic mass is 9.81. The Kier molecular flexibility index (Phi) is 4.66. The average molecular weight is 392 g/mol. The predicted octanol–water partition coefficient (Wildman–Crippen LogP) is 3.86. The van der Waals surface area contributed by atoms with Gasteiger partial charge in [0.15, 0.2) is 0 Å². The molecule has 7 heteroatoms. The third-order valence-corrected chi connectivity index (χ3v) is 5.12. The van der Waals surface area contributed by atoms with Crippen LogP contribution >= 0.6 is 0 Å². The van der Waals surface area contributed by atoms with Crippen LogP contribution in [0.15, 0.2) is 64.1 Å². The molecule has 6 nitrogen and oxygen atoms in total. The molecule has 29 heavy (non-hydrogen) atoms. The van der Waals surface area contributed by atoms with Crippen molar-refractivity contribution in [3.05, 3.63) is 71.7 Å². The number of benzene rings is 2. The van der Waals surface area contributed by atoms with Crippen molar-refractivity contribution < 1.29 is 13.7 Å². The number of carbonyl (C=O) groups is 1. The van der Waals surface area contributed by atoms with Crippen LogP contribution in [0, 0.1) is 5.82 Å². The minimum atomic E-state index is -0.594. The summed E-state index contributed by atoms with van der Waals surface area (Å²) in [5.41, 5.74) is 2.18. The fourth-order valence-electron chi connectivity index (χ4n) is 3.28. The summed E-state index contributed by atoms with van der Waals surface area (Å²) in [5.74, 6) is 0.272. The van der Waals surface area contributed by atoms with Gasteiger partial charge in [-0.25, -0.2) is 4.39 Å². The molecule has 4 rings (SSSR count). The number of rotatable bonds is 4. The van der Waals surface area contributed by atoms with Crippen molar-refractivity contribution in [2.75, 3.05) is 13.6 Å². The zero-order valence-corrected chi connectivity index (χ0v) is 16.4. The van der Waals surface area contributed by atoms with E-state index in [0.717, 1.165) is 11.1 Å². The first-order chi connectivity index (χ1) is 13.8. The van der Waals surface area contributed by atoms with Crippen molar-refractivity contribution >= 4 is 17.8 Å². The van der Waals surface area contributed by atoms with Gasteiger partial charge in [-0.2, -0.15) is 4.99 Å². The van der Waals surface area contributed by atoms with Crippen molar-refractivity contribution in [1.29, 1.82) is 0 Å². The SMILES string of the molecule is CN1CC(=O)N/C1=N\c1cc(C(C)(C)c2ccc(-c3ccccc3)c(F)c2)no1. The van der Waals surface area contributed by atoms with E-state index in [2.05, 4.69) is 15.5 Å². The highest BCUT2D eigenvalue weighted by Crippen LogP contribution is 2.35. The van der Waals surface area contributed by atoms with Crippen LogP contribution in [0.1, 0.15) is 25.1 Å². The second-order valence-electron chi connectivity index (χ2n) is 7.58. The molecule has 1 fully saturated rings. The Balaban J connectivity index is 1.62. The molecule has 1 amide bonds. The van der Waals surface area contributed by atoms with Crippen LogP contribution in [0.4, 0.5) is 10.3 Å². The van der Waals surface area contributed by atoms with Crippen molar-refractivity contribution in [2.45, 2.75) is 19.3 Å². The fourth-order valence-corrected chi connectivity index (χ4v) is 3.28. The van der Waals surface area contributed by atoms with E-state index in [4.69, 9.17) is 4.52 Å². The summed E-state index contributed by atoms with van der Waals surface area (Å²) in [6.45, 7) is 4.14. The number of likely N-dealkylation sites (N-methyl/N-ethyl adjacent to an activating group) is 1. The summed E-state index contributed by atoms with van der Waals surface area (Å²) in [7, 11) is 1.76. The largest absolute Gasteiger partial charge is 0.336 e. The number of hydrogen-bond acceptors (Lipinski definition) is 4. The highest BCUT2D eigenvalue weighted by molar-refractivity contribution is 6.04. The van der Waals surface area contributed by atoms with Gasteiger partial charge in [-0.15, -0.1) is 0 Å². The molecule has 1 saturated heterocycles. The van der Waals surface area contributed by atoms with E-state index in [9.17, 15) is 9.18 Å². The number of halogens is 1. The van der Waals surface area contributed by atoms with Crippen LogP contribution in [0.5, 0.6) is 0 Å². The molecule has 0 atom stereocenters. The molecule has 0 radical (unpaired) electrons. The standard InChI is InChI=1S/C22H21FN4O2/c1-22(2,15-9-10-16(17(23)11-15)14-7-5-4-6-8-14)18-12-20(29-26-18)25-21-24-19(28)13-27(21)3/h4-12H,13H2,1-3H3,(H,24,25,28). The Hall–Kier alpha value is -3.48. The molecule has 0 unspecified atom stereocenters. The normalized spacial score (nSPS) is 15.8. The summed E-state index contributed by atoms with van der Waals surface area (Å²) >= 11 is 0. The van der Waals surface area contributed by atoms with Gasteiger partial charge in [-0.1, -0.05) is 61.5 Å². The minimum absolute atomic E-state index is 0.125. The first-order valence-corrected chi connectivity index (χ1v) is 9.27. The first kappa shape index (κ1) is 18.9. The lowest BCUT2D eigenvalue weighted by molar-refractivity contribution is -0.118. The quantitative estimate of drug-likeness (QED) is 0.732. The number of aliphatic imine (C=N–C) groups is 1. The third kappa shape index (κ3) is 3.63. The Bertz CT molecular complexity index is 1090. The van der Waals surface area contributed by atoms with Gasteiger partial charge in [0.25, 0.3) is 5.88 Å². The van der Waals surface area contributed by atoms with Gasteiger partial charge >= 0.3 is 0 Å². The molecule has 1 aliphatic rings. The molecule has 0 aliphatic carbocycles. The Labute approximate surface area is 168 Å². The van der Waals surface area contributed by atoms with E-state index in [1.165, 1.54) is 6.07 Å². The highest BCUT2D eigenvalue weighted by Gasteiger charge is 2.29. The lowest BCUT2D eigenvalue weighted by Crippen LogP contribution is -2.26. The monoisotopic (exact) mass is 392 g/mol. The number of hydrogen-bond donors (Lipinski definition) is 1. The van der Waals surface area contributed by atoms with Crippen molar-refractivity contribution in [3.8, 4) is 11.1 Å². The maximum Gasteiger partial charge on any atom is 0.253 e. The molecule has 2 heterocycles. The molecule has 3 aromatic rings. The van der Waals surface area contributed by atoms with Gasteiger partial charge in [-0.3, -0.25) is 10.1 Å². The molecule has 2 aromatic carbocycles. The predicted molar refractivity (Wildman–Crippen MR) is 108 cm³/mol. The second kappa shape index (κ2) is 7.16. The Morgan fingerprint density at radius 1 is 1.17 bits per heavy atom. The van der Waals surface area contributed by atoms with E-state index in [-0.39, 0.29) is 24.2 Å². The summed E-state index contributed by atoms with van der Waals surface area (Å²) < 4.78 is 20.2. The number of guanidine groups is 1. The van der Waals surface area contributed by atoms with Crippen LogP contribution in [0.2, 0.25) is 0 Å². The fraction of sp³-hybridized carbons (Fsp3) is 0.227. The molecular formula is C22H21FN4O2. The van der Waals surface area contributed by atoms with Crippen molar-refractivity contribution in [3.63, 3.8) is 0 Å². The minimum Gasteiger partial charge on any atom is -0.336 e. The van der Waals surface area contributed by atoms with Gasteiger partial charge in [0, 0.05) is 24.1 Å². The molecule has 1 aromatic heterocycles. The Morgan fingerprint density at radius 3 is 2.59 bits per heavy atom. The van der Waals surface area contributed by atoms with E-state index in [1.807, 2.05) is 50.2 Å². The third-order valence-electron chi connectivity index (χ3n) is 5.12. The number of carbonyl (C=O) groups excluding carboxylic acids is 1. The summed E-state index contributed by atoms with van der Waals surface area (Å²) in [6, 6.07) is 16.4. The Morgan fingerprint density at radius 2 is 1.93 bits per heavy atom. The molecule has 1 N–H and O–H groups in total. The summed E-state index contributed by atoms with van der Waals surface area (Å²) in [5, 5.41) is 6.79. The van der Waals surface area contributed by atoms with Crippen LogP contribution < -0.4 is 5.32 Å². The molecule has 0 saturated carbocycles. The highest BCUT2D eigenvalue weighted by atomic mass is 19.1. The van der Waals surface area contributed by atoms with Gasteiger partial charge in [0.2, 0.25) is 11.9 Å². The van der Waals surface area contributed by atoms with Gasteiger partial charge in [0.1, 0.15) is 5.82 Å². The molecule has 148 valence electrons. The van der Waals surface area contributed by atoms with Crippen LogP contribution in [0.3, 0.4) is 0 Å². The molecular weight excluding hydrogens is 371 g/mol. The average Bonchev–Trinajstić information content (AvgIpc) is 3.29. The van der Waals surface area contributed by atoms with Gasteiger partial charge < -0.3 is 9.42 Å². The first-order valence-electron chi connectivity index (χ1n) is 9.27. The van der Waals surface area contributed by atoms with E-state index >= 15 is 0 Å². The lowest BCUT2D eigenvalue weighted by Gasteiger charge is -2.23. The van der Waals surface area contributed by atoms with Crippen LogP contribution in [-0.4, -0.2) is 35.5 Å². The van der Waals surface area contributed by atoms with E-state index in [0.29, 0.717) is 17.2 Å². The zero-order valence-electron chi connectivity index (χ0n) is 16.4. The maximum atomic E-state index is 14.8. The number of aromatic nitrogens is 1. The smallest absolute Gasteiger partial charge is 0.253 e. The van der Waals surface area contributed by atoms with Gasteiger partial charge in [-0.05, 0) is 17.2 Å². The summed E-state index contributed by atoms with van der Waals surface area (Å²) in [6.07, 6.45) is 0. The topological polar surface area (TPSA) is 70.7 Å². The van der Waals surface area contributed by atoms with Crippen molar-refractivity contribution in [2.24, 2.45) is 4.99 Å².